The zero-order chi connectivity index (χ0) is 14.4. The molecule has 3 nitrogen and oxygen atoms in total. The molecule has 1 N–H and O–H groups in total. The Kier molecular flexibility index (Phi) is 3.14. The fourth-order valence-corrected chi connectivity index (χ4v) is 2.01. The Morgan fingerprint density at radius 1 is 1.37 bits per heavy atom. The minimum atomic E-state index is -4.87. The van der Waals surface area contributed by atoms with E-state index in [1.807, 2.05) is 0 Å². The average molecular weight is 290 g/mol. The number of ketones is 1. The minimum absolute atomic E-state index is 0.0227. The lowest BCUT2D eigenvalue weighted by Gasteiger charge is -2.13. The summed E-state index contributed by atoms with van der Waals surface area (Å²) in [5, 5.41) is 9.70. The van der Waals surface area contributed by atoms with Gasteiger partial charge in [-0.15, -0.1) is 0 Å². The van der Waals surface area contributed by atoms with Crippen molar-refractivity contribution in [2.45, 2.75) is 13.1 Å². The second kappa shape index (κ2) is 4.38. The molecule has 0 aliphatic carbocycles. The first-order valence-electron chi connectivity index (χ1n) is 5.12. The van der Waals surface area contributed by atoms with Crippen LogP contribution in [0.4, 0.5) is 13.2 Å². The van der Waals surface area contributed by atoms with E-state index in [0.717, 1.165) is 6.92 Å². The van der Waals surface area contributed by atoms with Crippen molar-refractivity contribution in [2.24, 2.45) is 0 Å². The summed E-state index contributed by atoms with van der Waals surface area (Å²) in [5.41, 5.74) is -2.11. The highest BCUT2D eigenvalue weighted by molar-refractivity contribution is 6.35. The van der Waals surface area contributed by atoms with Crippen LogP contribution in [0.25, 0.3) is 10.9 Å². The summed E-state index contributed by atoms with van der Waals surface area (Å²) >= 11 is 5.79. The maximum absolute atomic E-state index is 12.8. The number of para-hydroxylation sites is 1. The molecule has 1 aromatic heterocycles. The molecule has 0 radical (unpaired) electrons. The molecular weight excluding hydrogens is 283 g/mol. The summed E-state index contributed by atoms with van der Waals surface area (Å²) in [7, 11) is 0. The van der Waals surface area contributed by atoms with Crippen molar-refractivity contribution in [3.63, 3.8) is 0 Å². The molecule has 100 valence electrons. The van der Waals surface area contributed by atoms with Gasteiger partial charge in [0.1, 0.15) is 0 Å². The van der Waals surface area contributed by atoms with Crippen molar-refractivity contribution in [3.05, 3.63) is 34.5 Å². The van der Waals surface area contributed by atoms with Crippen molar-refractivity contribution < 1.29 is 23.1 Å². The van der Waals surface area contributed by atoms with Crippen molar-refractivity contribution in [2.75, 3.05) is 0 Å². The number of nitrogens with zero attached hydrogens (tertiary/aromatic N) is 1. The first-order valence-corrected chi connectivity index (χ1v) is 5.50. The van der Waals surface area contributed by atoms with Gasteiger partial charge < -0.3 is 5.11 Å². The Morgan fingerprint density at radius 2 is 2.00 bits per heavy atom. The molecule has 19 heavy (non-hydrogen) atoms. The second-order valence-corrected chi connectivity index (χ2v) is 4.28. The van der Waals surface area contributed by atoms with Gasteiger partial charge in [0.05, 0.1) is 16.1 Å². The lowest BCUT2D eigenvalue weighted by atomic mass is 10.0. The average Bonchev–Trinajstić information content (AvgIpc) is 2.26. The van der Waals surface area contributed by atoms with Gasteiger partial charge >= 0.3 is 6.18 Å². The molecule has 1 heterocycles. The number of aromatic hydroxyl groups is 1. The summed E-state index contributed by atoms with van der Waals surface area (Å²) in [4.78, 5) is 14.8. The molecule has 0 spiro atoms. The number of aromatic nitrogens is 1. The monoisotopic (exact) mass is 289 g/mol. The number of rotatable bonds is 1. The molecule has 0 fully saturated rings. The molecule has 0 unspecified atom stereocenters. The van der Waals surface area contributed by atoms with Crippen LogP contribution in [0, 0.1) is 0 Å². The highest BCUT2D eigenvalue weighted by atomic mass is 35.5. The van der Waals surface area contributed by atoms with E-state index in [-0.39, 0.29) is 15.9 Å². The van der Waals surface area contributed by atoms with E-state index >= 15 is 0 Å². The van der Waals surface area contributed by atoms with Gasteiger partial charge in [-0.05, 0) is 13.0 Å². The maximum atomic E-state index is 12.8. The van der Waals surface area contributed by atoms with Crippen LogP contribution in [0.3, 0.4) is 0 Å². The van der Waals surface area contributed by atoms with Crippen molar-refractivity contribution >= 4 is 28.3 Å². The standard InChI is InChI=1S/C12H7ClF3NO2/c1-5(18)8-6-3-2-4-7(13)9(6)17-11(10(8)19)12(14,15)16/h2-4,19H,1H3. The molecule has 0 saturated heterocycles. The lowest BCUT2D eigenvalue weighted by Crippen LogP contribution is -2.11. The topological polar surface area (TPSA) is 50.2 Å². The smallest absolute Gasteiger partial charge is 0.437 e. The van der Waals surface area contributed by atoms with Crippen LogP contribution in [0.1, 0.15) is 23.0 Å². The Hall–Kier alpha value is -1.82. The van der Waals surface area contributed by atoms with Gasteiger partial charge in [-0.25, -0.2) is 4.98 Å². The summed E-state index contributed by atoms with van der Waals surface area (Å²) in [6.45, 7) is 1.07. The SMILES string of the molecule is CC(=O)c1c(O)c(C(F)(F)F)nc2c(Cl)cccc12. The third-order valence-corrected chi connectivity index (χ3v) is 2.87. The number of carbonyl (C=O) groups excluding carboxylic acids is 1. The third-order valence-electron chi connectivity index (χ3n) is 2.56. The molecule has 0 bridgehead atoms. The molecule has 1 aromatic carbocycles. The fraction of sp³-hybridized carbons (Fsp3) is 0.167. The summed E-state index contributed by atoms with van der Waals surface area (Å²) in [6.07, 6.45) is -4.87. The van der Waals surface area contributed by atoms with Crippen molar-refractivity contribution in [1.82, 2.24) is 4.98 Å². The van der Waals surface area contributed by atoms with Crippen molar-refractivity contribution in [1.29, 1.82) is 0 Å². The largest absolute Gasteiger partial charge is 0.505 e. The Bertz CT molecular complexity index is 683. The quantitative estimate of drug-likeness (QED) is 0.812. The van der Waals surface area contributed by atoms with Crippen LogP contribution >= 0.6 is 11.6 Å². The molecule has 0 aliphatic rings. The van der Waals surface area contributed by atoms with E-state index in [2.05, 4.69) is 4.98 Å². The number of pyridine rings is 1. The van der Waals surface area contributed by atoms with Crippen LogP contribution in [0.15, 0.2) is 18.2 Å². The molecule has 2 rings (SSSR count). The molecule has 0 aliphatic heterocycles. The number of benzene rings is 1. The molecule has 0 saturated carbocycles. The normalized spacial score (nSPS) is 11.8. The molecule has 0 atom stereocenters. The Morgan fingerprint density at radius 3 is 2.53 bits per heavy atom. The third kappa shape index (κ3) is 2.23. The molecular formula is C12H7ClF3NO2. The Labute approximate surface area is 110 Å². The summed E-state index contributed by atoms with van der Waals surface area (Å²) in [5.74, 6) is -1.87. The van der Waals surface area contributed by atoms with Gasteiger partial charge in [-0.1, -0.05) is 23.7 Å². The number of hydrogen-bond donors (Lipinski definition) is 1. The van der Waals surface area contributed by atoms with Gasteiger partial charge in [0.15, 0.2) is 17.2 Å². The lowest BCUT2D eigenvalue weighted by molar-refractivity contribution is -0.142. The maximum Gasteiger partial charge on any atom is 0.437 e. The first-order chi connectivity index (χ1) is 8.73. The van der Waals surface area contributed by atoms with Crippen molar-refractivity contribution in [3.8, 4) is 5.75 Å². The zero-order valence-corrected chi connectivity index (χ0v) is 10.3. The van der Waals surface area contributed by atoms with Crippen LogP contribution in [0.5, 0.6) is 5.75 Å². The number of halogens is 4. The zero-order valence-electron chi connectivity index (χ0n) is 9.55. The molecule has 7 heteroatoms. The van der Waals surface area contributed by atoms with Gasteiger partial charge in [0.2, 0.25) is 0 Å². The highest BCUT2D eigenvalue weighted by Gasteiger charge is 2.38. The first kappa shape index (κ1) is 13.6. The summed E-state index contributed by atoms with van der Waals surface area (Å²) in [6, 6.07) is 4.20. The van der Waals surface area contributed by atoms with Gasteiger partial charge in [-0.2, -0.15) is 13.2 Å². The van der Waals surface area contributed by atoms with Gasteiger partial charge in [0.25, 0.3) is 0 Å². The number of alkyl halides is 3. The van der Waals surface area contributed by atoms with E-state index in [0.29, 0.717) is 0 Å². The van der Waals surface area contributed by atoms with E-state index in [4.69, 9.17) is 11.6 Å². The van der Waals surface area contributed by atoms with E-state index in [1.54, 1.807) is 0 Å². The predicted molar refractivity (Wildman–Crippen MR) is 63.4 cm³/mol. The fourth-order valence-electron chi connectivity index (χ4n) is 1.80. The van der Waals surface area contributed by atoms with Crippen LogP contribution < -0.4 is 0 Å². The molecule has 0 amide bonds. The second-order valence-electron chi connectivity index (χ2n) is 3.87. The number of carbonyl (C=O) groups is 1. The summed E-state index contributed by atoms with van der Waals surface area (Å²) < 4.78 is 38.3. The number of hydrogen-bond acceptors (Lipinski definition) is 3. The minimum Gasteiger partial charge on any atom is -0.505 e. The van der Waals surface area contributed by atoms with Gasteiger partial charge in [0, 0.05) is 5.39 Å². The van der Waals surface area contributed by atoms with Crippen LogP contribution in [-0.4, -0.2) is 15.9 Å². The molecule has 2 aromatic rings. The predicted octanol–water partition coefficient (Wildman–Crippen LogP) is 3.82. The van der Waals surface area contributed by atoms with E-state index in [1.165, 1.54) is 18.2 Å². The highest BCUT2D eigenvalue weighted by Crippen LogP contribution is 2.40. The van der Waals surface area contributed by atoms with Gasteiger partial charge in [-0.3, -0.25) is 4.79 Å². The number of fused-ring (bicyclic) bond motifs is 1. The number of Topliss-reactive ketones (excluding diaryl/α,β-unsaturated/α-hetero) is 1. The van der Waals surface area contributed by atoms with E-state index in [9.17, 15) is 23.1 Å². The van der Waals surface area contributed by atoms with E-state index < -0.39 is 29.0 Å². The van der Waals surface area contributed by atoms with Crippen LogP contribution in [0.2, 0.25) is 5.02 Å². The van der Waals surface area contributed by atoms with Crippen LogP contribution in [-0.2, 0) is 6.18 Å². The Balaban J connectivity index is 3.00.